The zero-order valence-electron chi connectivity index (χ0n) is 9.51. The van der Waals surface area contributed by atoms with E-state index in [-0.39, 0.29) is 28.6 Å². The Morgan fingerprint density at radius 3 is 2.63 bits per heavy atom. The van der Waals surface area contributed by atoms with E-state index >= 15 is 0 Å². The number of phenols is 2. The average molecular weight is 259 g/mol. The molecule has 3 rings (SSSR count). The molecule has 8 nitrogen and oxygen atoms in total. The molecule has 0 radical (unpaired) electrons. The van der Waals surface area contributed by atoms with Crippen molar-refractivity contribution in [2.24, 2.45) is 0 Å². The normalized spacial score (nSPS) is 10.9. The fourth-order valence-electron chi connectivity index (χ4n) is 1.73. The van der Waals surface area contributed by atoms with E-state index in [9.17, 15) is 15.0 Å². The van der Waals surface area contributed by atoms with Gasteiger partial charge in [0.25, 0.3) is 5.56 Å². The SMILES string of the molecule is Nc1nc2nc(-c3ccc(O)c(O)c3)[nH]c2c(=O)[nH]1. The van der Waals surface area contributed by atoms with E-state index < -0.39 is 5.56 Å². The summed E-state index contributed by atoms with van der Waals surface area (Å²) in [5.41, 5.74) is 5.88. The molecule has 96 valence electrons. The lowest BCUT2D eigenvalue weighted by Gasteiger charge is -1.99. The molecular weight excluding hydrogens is 250 g/mol. The third-order valence-electron chi connectivity index (χ3n) is 2.63. The number of anilines is 1. The molecule has 0 saturated heterocycles. The number of hydrogen-bond donors (Lipinski definition) is 5. The van der Waals surface area contributed by atoms with Crippen molar-refractivity contribution in [3.8, 4) is 22.9 Å². The Morgan fingerprint density at radius 1 is 1.11 bits per heavy atom. The zero-order chi connectivity index (χ0) is 13.6. The Morgan fingerprint density at radius 2 is 1.89 bits per heavy atom. The van der Waals surface area contributed by atoms with Crippen molar-refractivity contribution < 1.29 is 10.2 Å². The summed E-state index contributed by atoms with van der Waals surface area (Å²) in [5, 5.41) is 18.7. The molecule has 0 aliphatic heterocycles. The molecule has 2 heterocycles. The van der Waals surface area contributed by atoms with Gasteiger partial charge < -0.3 is 20.9 Å². The quantitative estimate of drug-likeness (QED) is 0.398. The topological polar surface area (TPSA) is 141 Å². The van der Waals surface area contributed by atoms with Gasteiger partial charge in [-0.1, -0.05) is 0 Å². The Hall–Kier alpha value is -3.03. The molecule has 3 aromatic rings. The van der Waals surface area contributed by atoms with Gasteiger partial charge in [0.2, 0.25) is 5.95 Å². The summed E-state index contributed by atoms with van der Waals surface area (Å²) >= 11 is 0. The second-order valence-electron chi connectivity index (χ2n) is 3.94. The van der Waals surface area contributed by atoms with E-state index in [2.05, 4.69) is 19.9 Å². The Bertz CT molecular complexity index is 836. The average Bonchev–Trinajstić information content (AvgIpc) is 2.76. The monoisotopic (exact) mass is 259 g/mol. The molecule has 6 N–H and O–H groups in total. The van der Waals surface area contributed by atoms with E-state index in [0.717, 1.165) is 0 Å². The number of nitrogens with one attached hydrogen (secondary N) is 2. The van der Waals surface area contributed by atoms with Crippen molar-refractivity contribution >= 4 is 17.1 Å². The number of imidazole rings is 1. The number of benzene rings is 1. The largest absolute Gasteiger partial charge is 0.504 e. The first kappa shape index (κ1) is 11.1. The van der Waals surface area contributed by atoms with E-state index in [4.69, 9.17) is 5.73 Å². The third-order valence-corrected chi connectivity index (χ3v) is 2.63. The molecule has 2 aromatic heterocycles. The molecule has 8 heteroatoms. The van der Waals surface area contributed by atoms with Gasteiger partial charge in [-0.2, -0.15) is 4.98 Å². The summed E-state index contributed by atoms with van der Waals surface area (Å²) in [5.74, 6) is -0.197. The maximum absolute atomic E-state index is 11.6. The van der Waals surface area contributed by atoms with E-state index in [1.54, 1.807) is 6.07 Å². The van der Waals surface area contributed by atoms with Crippen LogP contribution in [0.5, 0.6) is 11.5 Å². The van der Waals surface area contributed by atoms with Gasteiger partial charge in [0.05, 0.1) is 0 Å². The number of rotatable bonds is 1. The number of fused-ring (bicyclic) bond motifs is 1. The summed E-state index contributed by atoms with van der Waals surface area (Å²) in [7, 11) is 0. The lowest BCUT2D eigenvalue weighted by molar-refractivity contribution is 0.404. The summed E-state index contributed by atoms with van der Waals surface area (Å²) in [4.78, 5) is 24.8. The van der Waals surface area contributed by atoms with Gasteiger partial charge in [0, 0.05) is 5.56 Å². The van der Waals surface area contributed by atoms with Crippen LogP contribution >= 0.6 is 0 Å². The smallest absolute Gasteiger partial charge is 0.278 e. The maximum atomic E-state index is 11.6. The second-order valence-corrected chi connectivity index (χ2v) is 3.94. The summed E-state index contributed by atoms with van der Waals surface area (Å²) in [6.45, 7) is 0. The van der Waals surface area contributed by atoms with Crippen LogP contribution in [0, 0.1) is 0 Å². The van der Waals surface area contributed by atoms with Gasteiger partial charge in [0.15, 0.2) is 22.7 Å². The second kappa shape index (κ2) is 3.73. The molecule has 0 aliphatic rings. The molecule has 0 aliphatic carbocycles. The molecular formula is C11H9N5O3. The van der Waals surface area contributed by atoms with Crippen LogP contribution in [0.4, 0.5) is 5.95 Å². The lowest BCUT2D eigenvalue weighted by Crippen LogP contribution is -2.10. The minimum Gasteiger partial charge on any atom is -0.504 e. The molecule has 0 spiro atoms. The zero-order valence-corrected chi connectivity index (χ0v) is 9.51. The van der Waals surface area contributed by atoms with Crippen LogP contribution < -0.4 is 11.3 Å². The van der Waals surface area contributed by atoms with Gasteiger partial charge in [0.1, 0.15) is 5.82 Å². The number of phenolic OH excluding ortho intramolecular Hbond substituents is 2. The van der Waals surface area contributed by atoms with Crippen molar-refractivity contribution in [1.82, 2.24) is 19.9 Å². The van der Waals surface area contributed by atoms with Gasteiger partial charge in [-0.25, -0.2) is 4.98 Å². The highest BCUT2D eigenvalue weighted by molar-refractivity contribution is 5.76. The van der Waals surface area contributed by atoms with Gasteiger partial charge >= 0.3 is 0 Å². The maximum Gasteiger partial charge on any atom is 0.278 e. The Kier molecular flexibility index (Phi) is 2.18. The highest BCUT2D eigenvalue weighted by Crippen LogP contribution is 2.29. The van der Waals surface area contributed by atoms with Crippen LogP contribution in [0.15, 0.2) is 23.0 Å². The predicted octanol–water partition coefficient (Wildman–Crippen LogP) is 0.307. The number of H-pyrrole nitrogens is 2. The minimum absolute atomic E-state index is 0.0240. The standard InChI is InChI=1S/C11H9N5O3/c12-11-15-9-7(10(19)16-11)13-8(14-9)4-1-2-5(17)6(18)3-4/h1-3,17-18H,(H4,12,13,14,15,16,19). The Balaban J connectivity index is 2.23. The van der Waals surface area contributed by atoms with E-state index in [1.807, 2.05) is 0 Å². The van der Waals surface area contributed by atoms with Gasteiger partial charge in [-0.3, -0.25) is 9.78 Å². The summed E-state index contributed by atoms with van der Waals surface area (Å²) in [6.07, 6.45) is 0. The Labute approximate surface area is 105 Å². The van der Waals surface area contributed by atoms with Crippen molar-refractivity contribution in [3.63, 3.8) is 0 Å². The first-order valence-corrected chi connectivity index (χ1v) is 5.32. The molecule has 1 aromatic carbocycles. The van der Waals surface area contributed by atoms with Crippen molar-refractivity contribution in [3.05, 3.63) is 28.6 Å². The van der Waals surface area contributed by atoms with Gasteiger partial charge in [-0.05, 0) is 18.2 Å². The predicted molar refractivity (Wildman–Crippen MR) is 67.7 cm³/mol. The number of nitrogen functional groups attached to an aromatic ring is 1. The highest BCUT2D eigenvalue weighted by atomic mass is 16.3. The molecule has 0 amide bonds. The minimum atomic E-state index is -0.427. The molecule has 0 unspecified atom stereocenters. The van der Waals surface area contributed by atoms with Crippen molar-refractivity contribution in [1.29, 1.82) is 0 Å². The fraction of sp³-hybridized carbons (Fsp3) is 0. The molecule has 0 bridgehead atoms. The van der Waals surface area contributed by atoms with Crippen LogP contribution in [0.3, 0.4) is 0 Å². The molecule has 19 heavy (non-hydrogen) atoms. The number of nitrogens with zero attached hydrogens (tertiary/aromatic N) is 2. The van der Waals surface area contributed by atoms with Gasteiger partial charge in [-0.15, -0.1) is 0 Å². The van der Waals surface area contributed by atoms with Crippen molar-refractivity contribution in [2.45, 2.75) is 0 Å². The first-order chi connectivity index (χ1) is 9.04. The molecule has 0 fully saturated rings. The van der Waals surface area contributed by atoms with Crippen LogP contribution in [-0.4, -0.2) is 30.1 Å². The number of hydrogen-bond acceptors (Lipinski definition) is 6. The lowest BCUT2D eigenvalue weighted by atomic mass is 10.2. The van der Waals surface area contributed by atoms with Crippen LogP contribution in [-0.2, 0) is 0 Å². The van der Waals surface area contributed by atoms with Crippen LogP contribution in [0.2, 0.25) is 0 Å². The first-order valence-electron chi connectivity index (χ1n) is 5.32. The van der Waals surface area contributed by atoms with Crippen LogP contribution in [0.25, 0.3) is 22.6 Å². The van der Waals surface area contributed by atoms with Crippen LogP contribution in [0.1, 0.15) is 0 Å². The number of aromatic amines is 2. The number of aromatic hydroxyl groups is 2. The molecule has 0 saturated carbocycles. The van der Waals surface area contributed by atoms with Crippen molar-refractivity contribution in [2.75, 3.05) is 5.73 Å². The highest BCUT2D eigenvalue weighted by Gasteiger charge is 2.11. The summed E-state index contributed by atoms with van der Waals surface area (Å²) < 4.78 is 0. The van der Waals surface area contributed by atoms with E-state index in [1.165, 1.54) is 12.1 Å². The number of nitrogens with two attached hydrogens (primary N) is 1. The molecule has 0 atom stereocenters. The van der Waals surface area contributed by atoms with E-state index in [0.29, 0.717) is 11.4 Å². The number of aromatic nitrogens is 4. The fourth-order valence-corrected chi connectivity index (χ4v) is 1.73. The summed E-state index contributed by atoms with van der Waals surface area (Å²) in [6, 6.07) is 4.19. The third kappa shape index (κ3) is 1.75.